The molecule has 0 spiro atoms. The summed E-state index contributed by atoms with van der Waals surface area (Å²) in [5, 5.41) is 5.25. The van der Waals surface area contributed by atoms with E-state index in [-0.39, 0.29) is 0 Å². The molecule has 0 N–H and O–H groups in total. The Hall–Kier alpha value is -1.29. The normalized spacial score (nSPS) is 11.5. The first-order valence-corrected chi connectivity index (χ1v) is 4.64. The van der Waals surface area contributed by atoms with Crippen molar-refractivity contribution in [1.82, 2.24) is 9.61 Å². The summed E-state index contributed by atoms with van der Waals surface area (Å²) < 4.78 is 8.10. The highest BCUT2D eigenvalue weighted by atomic mass is 79.9. The Kier molecular flexibility index (Phi) is 1.29. The minimum Gasteiger partial charge on any atom is -0.464 e. The van der Waals surface area contributed by atoms with Crippen molar-refractivity contribution in [3.8, 4) is 0 Å². The van der Waals surface area contributed by atoms with Crippen molar-refractivity contribution in [3.63, 3.8) is 0 Å². The van der Waals surface area contributed by atoms with Gasteiger partial charge in [-0.15, -0.1) is 0 Å². The number of nitrogens with zero attached hydrogens (tertiary/aromatic N) is 2. The molecule has 0 aromatic carbocycles. The number of halogens is 1. The molecule has 0 radical (unpaired) electrons. The molecule has 64 valence electrons. The molecule has 0 aliphatic rings. The highest BCUT2D eigenvalue weighted by molar-refractivity contribution is 9.10. The topological polar surface area (TPSA) is 30.4 Å². The molecule has 0 saturated carbocycles. The molecule has 0 bridgehead atoms. The van der Waals surface area contributed by atoms with Crippen molar-refractivity contribution < 1.29 is 4.42 Å². The van der Waals surface area contributed by atoms with E-state index in [1.165, 1.54) is 0 Å². The lowest BCUT2D eigenvalue weighted by molar-refractivity contribution is 0.615. The van der Waals surface area contributed by atoms with Gasteiger partial charge in [0.2, 0.25) is 0 Å². The lowest BCUT2D eigenvalue weighted by Gasteiger charge is -1.93. The van der Waals surface area contributed by atoms with Gasteiger partial charge in [0.15, 0.2) is 0 Å². The van der Waals surface area contributed by atoms with E-state index in [4.69, 9.17) is 4.42 Å². The monoisotopic (exact) mass is 236 g/mol. The van der Waals surface area contributed by atoms with Gasteiger partial charge in [0.1, 0.15) is 5.58 Å². The minimum absolute atomic E-state index is 0.883. The Labute approximate surface area is 82.1 Å². The zero-order chi connectivity index (χ0) is 8.84. The van der Waals surface area contributed by atoms with Gasteiger partial charge in [0.25, 0.3) is 0 Å². The van der Waals surface area contributed by atoms with Gasteiger partial charge in [0, 0.05) is 11.6 Å². The summed E-state index contributed by atoms with van der Waals surface area (Å²) in [6, 6.07) is 3.85. The number of hydrogen-bond acceptors (Lipinski definition) is 2. The van der Waals surface area contributed by atoms with Crippen molar-refractivity contribution in [3.05, 3.63) is 35.3 Å². The van der Waals surface area contributed by atoms with Gasteiger partial charge >= 0.3 is 0 Å². The Bertz CT molecular complexity index is 581. The van der Waals surface area contributed by atoms with Crippen LogP contribution in [0.5, 0.6) is 0 Å². The quantitative estimate of drug-likeness (QED) is 0.601. The van der Waals surface area contributed by atoms with E-state index >= 15 is 0 Å². The minimum atomic E-state index is 0.883. The molecule has 0 atom stereocenters. The maximum atomic E-state index is 5.29. The third-order valence-corrected chi connectivity index (χ3v) is 2.65. The lowest BCUT2D eigenvalue weighted by Crippen LogP contribution is -1.84. The fourth-order valence-electron chi connectivity index (χ4n) is 1.49. The number of pyridine rings is 1. The van der Waals surface area contributed by atoms with Gasteiger partial charge < -0.3 is 4.42 Å². The van der Waals surface area contributed by atoms with Crippen molar-refractivity contribution in [2.24, 2.45) is 0 Å². The summed E-state index contributed by atoms with van der Waals surface area (Å²) in [5.41, 5.74) is 1.93. The zero-order valence-electron chi connectivity index (χ0n) is 6.57. The molecule has 13 heavy (non-hydrogen) atoms. The molecule has 3 heterocycles. The Morgan fingerprint density at radius 2 is 2.31 bits per heavy atom. The molecule has 0 aliphatic heterocycles. The second kappa shape index (κ2) is 2.35. The molecule has 3 aromatic heterocycles. The van der Waals surface area contributed by atoms with Crippen LogP contribution in [0, 0.1) is 0 Å². The van der Waals surface area contributed by atoms with Gasteiger partial charge in [-0.05, 0) is 28.1 Å². The van der Waals surface area contributed by atoms with Crippen LogP contribution in [0.2, 0.25) is 0 Å². The second-order valence-electron chi connectivity index (χ2n) is 2.80. The summed E-state index contributed by atoms with van der Waals surface area (Å²) in [6.45, 7) is 0. The van der Waals surface area contributed by atoms with Gasteiger partial charge in [-0.25, -0.2) is 4.52 Å². The van der Waals surface area contributed by atoms with Crippen LogP contribution in [0.4, 0.5) is 0 Å². The van der Waals surface area contributed by atoms with E-state index in [1.54, 1.807) is 12.5 Å². The van der Waals surface area contributed by atoms with E-state index in [2.05, 4.69) is 21.0 Å². The zero-order valence-corrected chi connectivity index (χ0v) is 8.15. The number of fused-ring (bicyclic) bond motifs is 3. The van der Waals surface area contributed by atoms with Gasteiger partial charge in [0.05, 0.1) is 22.4 Å². The largest absolute Gasteiger partial charge is 0.464 e. The predicted molar refractivity (Wildman–Crippen MR) is 52.7 cm³/mol. The molecule has 0 fully saturated rings. The molecule has 3 nitrogen and oxygen atoms in total. The van der Waals surface area contributed by atoms with Gasteiger partial charge in [-0.1, -0.05) is 0 Å². The standard InChI is InChI=1S/C9H5BrN2O/c10-7-5-11-12-3-1-8-6(9(7)12)2-4-13-8/h1-5H. The van der Waals surface area contributed by atoms with Crippen LogP contribution in [0.15, 0.2) is 39.7 Å². The number of hydrogen-bond donors (Lipinski definition) is 0. The second-order valence-corrected chi connectivity index (χ2v) is 3.65. The SMILES string of the molecule is Brc1cnn2ccc3occc3c12. The van der Waals surface area contributed by atoms with Crippen molar-refractivity contribution in [2.45, 2.75) is 0 Å². The highest BCUT2D eigenvalue weighted by Gasteiger charge is 2.06. The molecule has 0 amide bonds. The average molecular weight is 237 g/mol. The number of furan rings is 1. The molecule has 0 saturated heterocycles. The maximum Gasteiger partial charge on any atom is 0.137 e. The predicted octanol–water partition coefficient (Wildman–Crippen LogP) is 2.84. The Morgan fingerprint density at radius 3 is 3.23 bits per heavy atom. The summed E-state index contributed by atoms with van der Waals surface area (Å²) in [5.74, 6) is 0. The average Bonchev–Trinajstić information content (AvgIpc) is 2.70. The van der Waals surface area contributed by atoms with Crippen LogP contribution >= 0.6 is 15.9 Å². The van der Waals surface area contributed by atoms with Gasteiger partial charge in [-0.3, -0.25) is 0 Å². The smallest absolute Gasteiger partial charge is 0.137 e. The summed E-state index contributed by atoms with van der Waals surface area (Å²) in [6.07, 6.45) is 5.35. The van der Waals surface area contributed by atoms with Crippen molar-refractivity contribution in [1.29, 1.82) is 0 Å². The van der Waals surface area contributed by atoms with E-state index in [0.717, 1.165) is 21.0 Å². The van der Waals surface area contributed by atoms with Crippen LogP contribution < -0.4 is 0 Å². The molecule has 3 rings (SSSR count). The molecular weight excluding hydrogens is 232 g/mol. The van der Waals surface area contributed by atoms with Crippen LogP contribution in [0.1, 0.15) is 0 Å². The van der Waals surface area contributed by atoms with Crippen molar-refractivity contribution >= 4 is 32.4 Å². The van der Waals surface area contributed by atoms with E-state index in [1.807, 2.05) is 22.8 Å². The summed E-state index contributed by atoms with van der Waals surface area (Å²) >= 11 is 3.45. The van der Waals surface area contributed by atoms with Crippen molar-refractivity contribution in [2.75, 3.05) is 0 Å². The number of rotatable bonds is 0. The fourth-order valence-corrected chi connectivity index (χ4v) is 1.98. The third-order valence-electron chi connectivity index (χ3n) is 2.07. The Morgan fingerprint density at radius 1 is 1.38 bits per heavy atom. The molecule has 0 aliphatic carbocycles. The maximum absolute atomic E-state index is 5.29. The highest BCUT2D eigenvalue weighted by Crippen LogP contribution is 2.26. The van der Waals surface area contributed by atoms with E-state index in [0.29, 0.717) is 0 Å². The fraction of sp³-hybridized carbons (Fsp3) is 0. The Balaban J connectivity index is 2.70. The first kappa shape index (κ1) is 7.15. The van der Waals surface area contributed by atoms with Crippen LogP contribution in [0.25, 0.3) is 16.5 Å². The molecular formula is C9H5BrN2O. The molecule has 3 aromatic rings. The van der Waals surface area contributed by atoms with Crippen LogP contribution in [-0.2, 0) is 0 Å². The lowest BCUT2D eigenvalue weighted by atomic mass is 10.3. The third kappa shape index (κ3) is 0.862. The van der Waals surface area contributed by atoms with Crippen LogP contribution in [0.3, 0.4) is 0 Å². The molecule has 4 heteroatoms. The first-order chi connectivity index (χ1) is 6.36. The summed E-state index contributed by atoms with van der Waals surface area (Å²) in [4.78, 5) is 0. The first-order valence-electron chi connectivity index (χ1n) is 3.85. The summed E-state index contributed by atoms with van der Waals surface area (Å²) in [7, 11) is 0. The van der Waals surface area contributed by atoms with E-state index < -0.39 is 0 Å². The number of aromatic nitrogens is 2. The molecule has 0 unspecified atom stereocenters. The van der Waals surface area contributed by atoms with E-state index in [9.17, 15) is 0 Å². The van der Waals surface area contributed by atoms with Crippen LogP contribution in [-0.4, -0.2) is 9.61 Å². The van der Waals surface area contributed by atoms with Gasteiger partial charge in [-0.2, -0.15) is 5.10 Å².